The second-order valence-corrected chi connectivity index (χ2v) is 15.2. The number of benzene rings is 8. The van der Waals surface area contributed by atoms with Gasteiger partial charge in [0.1, 0.15) is 11.6 Å². The molecule has 0 aliphatic heterocycles. The first-order valence-corrected chi connectivity index (χ1v) is 19.8. The van der Waals surface area contributed by atoms with E-state index in [1.165, 1.54) is 65.2 Å². The van der Waals surface area contributed by atoms with Gasteiger partial charge in [0.2, 0.25) is 0 Å². The van der Waals surface area contributed by atoms with Crippen molar-refractivity contribution in [2.75, 3.05) is 0 Å². The Morgan fingerprint density at radius 3 is 1.19 bits per heavy atom. The van der Waals surface area contributed by atoms with Gasteiger partial charge in [-0.2, -0.15) is 0 Å². The van der Waals surface area contributed by atoms with Gasteiger partial charge in [-0.05, 0) is 78.9 Å². The van der Waals surface area contributed by atoms with Crippen LogP contribution >= 0.6 is 0 Å². The Hall–Kier alpha value is -7.89. The van der Waals surface area contributed by atoms with Crippen molar-refractivity contribution in [2.45, 2.75) is 0 Å². The zero-order chi connectivity index (χ0) is 37.9. The molecule has 5 nitrogen and oxygen atoms in total. The van der Waals surface area contributed by atoms with E-state index in [0.717, 1.165) is 45.1 Å². The van der Waals surface area contributed by atoms with Gasteiger partial charge in [0.15, 0.2) is 0 Å². The number of nitrogens with zero attached hydrogens (tertiary/aromatic N) is 5. The van der Waals surface area contributed by atoms with E-state index in [2.05, 4.69) is 218 Å². The second-order valence-electron chi connectivity index (χ2n) is 15.2. The van der Waals surface area contributed by atoms with Crippen LogP contribution in [0.4, 0.5) is 0 Å². The minimum Gasteiger partial charge on any atom is -0.309 e. The monoisotopic (exact) mass is 739 g/mol. The highest BCUT2D eigenvalue weighted by molar-refractivity contribution is 6.17. The minimum absolute atomic E-state index is 0.876. The van der Waals surface area contributed by atoms with Crippen LogP contribution in [0, 0.1) is 0 Å². The summed E-state index contributed by atoms with van der Waals surface area (Å²) in [6.07, 6.45) is 0. The van der Waals surface area contributed by atoms with Crippen LogP contribution in [0.1, 0.15) is 0 Å². The first-order chi connectivity index (χ1) is 28.8. The van der Waals surface area contributed by atoms with E-state index in [-0.39, 0.29) is 0 Å². The van der Waals surface area contributed by atoms with Gasteiger partial charge >= 0.3 is 0 Å². The third-order valence-electron chi connectivity index (χ3n) is 12.2. The maximum Gasteiger partial charge on any atom is 0.140 e. The van der Waals surface area contributed by atoms with E-state index in [1.54, 1.807) is 0 Å². The lowest BCUT2D eigenvalue weighted by Crippen LogP contribution is -2.03. The summed E-state index contributed by atoms with van der Waals surface area (Å²) in [5.41, 5.74) is 11.6. The molecule has 0 atom stereocenters. The maximum atomic E-state index is 5.44. The third-order valence-corrected chi connectivity index (χ3v) is 12.2. The van der Waals surface area contributed by atoms with Crippen molar-refractivity contribution >= 4 is 87.2 Å². The van der Waals surface area contributed by atoms with Crippen LogP contribution in [-0.2, 0) is 0 Å². The van der Waals surface area contributed by atoms with Gasteiger partial charge in [-0.25, -0.2) is 4.98 Å². The summed E-state index contributed by atoms with van der Waals surface area (Å²) in [5.74, 6) is 1.76. The summed E-state index contributed by atoms with van der Waals surface area (Å²) >= 11 is 0. The van der Waals surface area contributed by atoms with Crippen molar-refractivity contribution in [2.24, 2.45) is 0 Å². The molecule has 0 aliphatic rings. The molecule has 5 heteroatoms. The molecule has 0 fully saturated rings. The van der Waals surface area contributed by atoms with E-state index in [0.29, 0.717) is 0 Å². The van der Waals surface area contributed by atoms with Gasteiger partial charge in [-0.1, -0.05) is 121 Å². The minimum atomic E-state index is 0.876. The number of hydrogen-bond donors (Lipinski definition) is 0. The SMILES string of the molecule is c1cc(-n2c3ccccc3c3ccccc32)nc(-n2c3ccccc3c3c(-n4c5ccccc5c5cc(-n6c7ccccc7c7ccccc76)ccc54)cccc32)c1. The van der Waals surface area contributed by atoms with Crippen LogP contribution in [0.2, 0.25) is 0 Å². The van der Waals surface area contributed by atoms with Gasteiger partial charge in [0.25, 0.3) is 0 Å². The predicted octanol–water partition coefficient (Wildman–Crippen LogP) is 13.5. The Balaban J connectivity index is 1.05. The molecule has 5 aromatic heterocycles. The number of para-hydroxylation sites is 6. The summed E-state index contributed by atoms with van der Waals surface area (Å²) in [6, 6.07) is 72.3. The lowest BCUT2D eigenvalue weighted by Gasteiger charge is -2.13. The first kappa shape index (κ1) is 31.3. The quantitative estimate of drug-likeness (QED) is 0.177. The van der Waals surface area contributed by atoms with Gasteiger partial charge in [-0.15, -0.1) is 0 Å². The Morgan fingerprint density at radius 1 is 0.259 bits per heavy atom. The molecular weight excluding hydrogens is 707 g/mol. The summed E-state index contributed by atoms with van der Waals surface area (Å²) in [7, 11) is 0. The van der Waals surface area contributed by atoms with Crippen LogP contribution < -0.4 is 0 Å². The normalized spacial score (nSPS) is 12.1. The highest BCUT2D eigenvalue weighted by Gasteiger charge is 2.22. The average molecular weight is 740 g/mol. The second kappa shape index (κ2) is 11.8. The van der Waals surface area contributed by atoms with Crippen LogP contribution in [0.3, 0.4) is 0 Å². The van der Waals surface area contributed by atoms with Gasteiger partial charge < -0.3 is 9.13 Å². The highest BCUT2D eigenvalue weighted by Crippen LogP contribution is 2.41. The molecule has 0 saturated carbocycles. The molecule has 13 rings (SSSR count). The molecule has 0 amide bonds. The molecule has 0 spiro atoms. The van der Waals surface area contributed by atoms with Crippen molar-refractivity contribution in [1.29, 1.82) is 0 Å². The van der Waals surface area contributed by atoms with E-state index < -0.39 is 0 Å². The summed E-state index contributed by atoms with van der Waals surface area (Å²) < 4.78 is 9.49. The summed E-state index contributed by atoms with van der Waals surface area (Å²) in [6.45, 7) is 0. The molecule has 0 radical (unpaired) electrons. The topological polar surface area (TPSA) is 32.6 Å². The zero-order valence-electron chi connectivity index (χ0n) is 31.3. The Morgan fingerprint density at radius 2 is 0.638 bits per heavy atom. The van der Waals surface area contributed by atoms with Gasteiger partial charge in [-0.3, -0.25) is 9.13 Å². The fraction of sp³-hybridized carbons (Fsp3) is 0. The van der Waals surface area contributed by atoms with Gasteiger partial charge in [0, 0.05) is 48.8 Å². The van der Waals surface area contributed by atoms with E-state index in [4.69, 9.17) is 4.98 Å². The fourth-order valence-electron chi connectivity index (χ4n) is 9.82. The Bertz CT molecular complexity index is 3710. The average Bonchev–Trinajstić information content (AvgIpc) is 4.01. The molecule has 0 aliphatic carbocycles. The molecule has 58 heavy (non-hydrogen) atoms. The fourth-order valence-corrected chi connectivity index (χ4v) is 9.82. The molecule has 8 aromatic carbocycles. The molecule has 13 aromatic rings. The standard InChI is InChI=1S/C53H33N5/c1-7-21-42-35(15-1)36-16-2-8-22-43(36)55(42)34-31-32-48-41(33-34)39-19-5-9-23-44(39)56(48)49-27-13-28-50-53(49)40-20-6-12-26-47(40)58(50)52-30-14-29-51(54-52)57-45-24-10-3-17-37(45)38-18-4-11-25-46(38)57/h1-33H. The summed E-state index contributed by atoms with van der Waals surface area (Å²) in [5, 5.41) is 9.79. The molecule has 5 heterocycles. The van der Waals surface area contributed by atoms with Crippen molar-refractivity contribution < 1.29 is 0 Å². The molecule has 270 valence electrons. The number of fused-ring (bicyclic) bond motifs is 12. The number of pyridine rings is 1. The number of rotatable bonds is 4. The van der Waals surface area contributed by atoms with Crippen molar-refractivity contribution in [3.63, 3.8) is 0 Å². The van der Waals surface area contributed by atoms with Crippen LogP contribution in [0.5, 0.6) is 0 Å². The molecule has 0 N–H and O–H groups in total. The molecular formula is C53H33N5. The van der Waals surface area contributed by atoms with Gasteiger partial charge in [0.05, 0.1) is 49.8 Å². The number of hydrogen-bond acceptors (Lipinski definition) is 1. The Kier molecular flexibility index (Phi) is 6.38. The maximum absolute atomic E-state index is 5.44. The van der Waals surface area contributed by atoms with Crippen LogP contribution in [0.15, 0.2) is 200 Å². The van der Waals surface area contributed by atoms with Crippen LogP contribution in [0.25, 0.3) is 110 Å². The van der Waals surface area contributed by atoms with E-state index >= 15 is 0 Å². The van der Waals surface area contributed by atoms with Crippen LogP contribution in [-0.4, -0.2) is 23.3 Å². The zero-order valence-corrected chi connectivity index (χ0v) is 31.3. The molecule has 0 unspecified atom stereocenters. The smallest absolute Gasteiger partial charge is 0.140 e. The van der Waals surface area contributed by atoms with Crippen molar-refractivity contribution in [3.05, 3.63) is 200 Å². The third kappa shape index (κ3) is 4.22. The largest absolute Gasteiger partial charge is 0.309 e. The Labute approximate surface area is 332 Å². The van der Waals surface area contributed by atoms with E-state index in [1.807, 2.05) is 0 Å². The molecule has 0 bridgehead atoms. The highest BCUT2D eigenvalue weighted by atomic mass is 15.1. The summed E-state index contributed by atoms with van der Waals surface area (Å²) in [4.78, 5) is 5.44. The lowest BCUT2D eigenvalue weighted by atomic mass is 10.1. The lowest BCUT2D eigenvalue weighted by molar-refractivity contribution is 1.01. The molecule has 0 saturated heterocycles. The van der Waals surface area contributed by atoms with E-state index in [9.17, 15) is 0 Å². The predicted molar refractivity (Wildman–Crippen MR) is 242 cm³/mol. The number of aromatic nitrogens is 5. The first-order valence-electron chi connectivity index (χ1n) is 19.8. The van der Waals surface area contributed by atoms with Crippen molar-refractivity contribution in [3.8, 4) is 23.0 Å². The van der Waals surface area contributed by atoms with Crippen molar-refractivity contribution in [1.82, 2.24) is 23.3 Å².